The second-order valence-electron chi connectivity index (χ2n) is 4.27. The Hall–Kier alpha value is -1.40. The van der Waals surface area contributed by atoms with Gasteiger partial charge in [-0.05, 0) is 13.0 Å². The van der Waals surface area contributed by atoms with Crippen molar-refractivity contribution in [1.82, 2.24) is 20.2 Å². The lowest BCUT2D eigenvalue weighted by molar-refractivity contribution is -0.143. The Morgan fingerprint density at radius 1 is 1.53 bits per heavy atom. The summed E-state index contributed by atoms with van der Waals surface area (Å²) in [7, 11) is 0. The van der Waals surface area contributed by atoms with Crippen molar-refractivity contribution in [3.05, 3.63) is 18.2 Å². The fourth-order valence-corrected chi connectivity index (χ4v) is 2.16. The number of carboxylic acid groups (broad SMARTS) is 1. The fourth-order valence-electron chi connectivity index (χ4n) is 2.16. The van der Waals surface area contributed by atoms with Crippen molar-refractivity contribution in [3.8, 4) is 0 Å². The van der Waals surface area contributed by atoms with Crippen LogP contribution in [0.15, 0.2) is 12.5 Å². The van der Waals surface area contributed by atoms with Gasteiger partial charge >= 0.3 is 5.97 Å². The Labute approximate surface area is 100 Å². The number of carbonyl (C=O) groups is 1. The fraction of sp³-hybridized carbons (Fsp3) is 0.636. The van der Waals surface area contributed by atoms with Crippen LogP contribution in [0.5, 0.6) is 0 Å². The molecule has 1 aromatic heterocycles. The molecule has 0 aliphatic carbocycles. The molecule has 1 saturated heterocycles. The van der Waals surface area contributed by atoms with Crippen molar-refractivity contribution in [2.24, 2.45) is 0 Å². The van der Waals surface area contributed by atoms with E-state index in [1.807, 2.05) is 4.90 Å². The summed E-state index contributed by atoms with van der Waals surface area (Å²) in [4.78, 5) is 20.3. The lowest BCUT2D eigenvalue weighted by atomic mass is 10.1. The van der Waals surface area contributed by atoms with Gasteiger partial charge in [0.25, 0.3) is 0 Å². The van der Waals surface area contributed by atoms with Crippen molar-refractivity contribution >= 4 is 5.97 Å². The number of aromatic nitrogens is 2. The van der Waals surface area contributed by atoms with Gasteiger partial charge in [0.2, 0.25) is 0 Å². The Morgan fingerprint density at radius 2 is 2.41 bits per heavy atom. The number of aliphatic carboxylic acids is 1. The number of rotatable bonds is 4. The monoisotopic (exact) mass is 238 g/mol. The van der Waals surface area contributed by atoms with E-state index in [1.165, 1.54) is 0 Å². The van der Waals surface area contributed by atoms with Gasteiger partial charge in [0.05, 0.1) is 6.33 Å². The van der Waals surface area contributed by atoms with Crippen LogP contribution in [-0.2, 0) is 11.2 Å². The molecule has 0 amide bonds. The van der Waals surface area contributed by atoms with Crippen molar-refractivity contribution in [2.75, 3.05) is 26.2 Å². The summed E-state index contributed by atoms with van der Waals surface area (Å²) in [6, 6.07) is -0.463. The average molecular weight is 238 g/mol. The maximum Gasteiger partial charge on any atom is 0.321 e. The lowest BCUT2D eigenvalue weighted by Crippen LogP contribution is -2.44. The van der Waals surface area contributed by atoms with Gasteiger partial charge in [0, 0.05) is 37.9 Å². The van der Waals surface area contributed by atoms with Gasteiger partial charge < -0.3 is 15.4 Å². The second kappa shape index (κ2) is 5.79. The molecule has 1 atom stereocenters. The Kier molecular flexibility index (Phi) is 4.11. The van der Waals surface area contributed by atoms with Gasteiger partial charge in [-0.15, -0.1) is 0 Å². The topological polar surface area (TPSA) is 81.2 Å². The van der Waals surface area contributed by atoms with E-state index >= 15 is 0 Å². The number of imidazole rings is 1. The predicted octanol–water partition coefficient (Wildman–Crippen LogP) is -0.299. The van der Waals surface area contributed by atoms with E-state index in [1.54, 1.807) is 12.5 Å². The van der Waals surface area contributed by atoms with Gasteiger partial charge in [-0.2, -0.15) is 0 Å². The van der Waals surface area contributed by atoms with Crippen molar-refractivity contribution in [3.63, 3.8) is 0 Å². The van der Waals surface area contributed by atoms with Gasteiger partial charge in [0.15, 0.2) is 0 Å². The molecule has 1 aromatic rings. The molecule has 17 heavy (non-hydrogen) atoms. The molecule has 6 heteroatoms. The van der Waals surface area contributed by atoms with Crippen molar-refractivity contribution in [2.45, 2.75) is 18.9 Å². The largest absolute Gasteiger partial charge is 0.480 e. The van der Waals surface area contributed by atoms with Crippen LogP contribution in [0.4, 0.5) is 0 Å². The van der Waals surface area contributed by atoms with Crippen LogP contribution in [0.3, 0.4) is 0 Å². The highest BCUT2D eigenvalue weighted by Crippen LogP contribution is 2.09. The summed E-state index contributed by atoms with van der Waals surface area (Å²) in [6.07, 6.45) is 4.74. The quantitative estimate of drug-likeness (QED) is 0.671. The summed E-state index contributed by atoms with van der Waals surface area (Å²) in [5.74, 6) is -0.762. The first-order valence-corrected chi connectivity index (χ1v) is 5.92. The summed E-state index contributed by atoms with van der Waals surface area (Å²) >= 11 is 0. The predicted molar refractivity (Wildman–Crippen MR) is 62.8 cm³/mol. The minimum absolute atomic E-state index is 0.463. The molecule has 1 aliphatic rings. The summed E-state index contributed by atoms with van der Waals surface area (Å²) in [5, 5.41) is 12.6. The minimum atomic E-state index is -0.762. The number of aromatic amines is 1. The Morgan fingerprint density at radius 3 is 3.12 bits per heavy atom. The van der Waals surface area contributed by atoms with Crippen LogP contribution in [0.2, 0.25) is 0 Å². The zero-order valence-electron chi connectivity index (χ0n) is 9.72. The third-order valence-corrected chi connectivity index (χ3v) is 3.07. The third-order valence-electron chi connectivity index (χ3n) is 3.07. The SMILES string of the molecule is O=C(O)[C@H](Cc1cnc[nH]1)N1CCCNCC1. The van der Waals surface area contributed by atoms with Crippen LogP contribution < -0.4 is 5.32 Å². The highest BCUT2D eigenvalue weighted by Gasteiger charge is 2.26. The first-order valence-electron chi connectivity index (χ1n) is 5.92. The molecule has 0 radical (unpaired) electrons. The first-order chi connectivity index (χ1) is 8.27. The first kappa shape index (κ1) is 12.1. The number of nitrogens with one attached hydrogen (secondary N) is 2. The zero-order valence-corrected chi connectivity index (χ0v) is 9.72. The number of H-pyrrole nitrogens is 1. The Bertz CT molecular complexity index is 344. The van der Waals surface area contributed by atoms with E-state index < -0.39 is 12.0 Å². The molecular weight excluding hydrogens is 220 g/mol. The molecule has 6 nitrogen and oxygen atoms in total. The van der Waals surface area contributed by atoms with Gasteiger partial charge in [-0.25, -0.2) is 4.98 Å². The molecule has 0 spiro atoms. The highest BCUT2D eigenvalue weighted by molar-refractivity contribution is 5.73. The normalized spacial score (nSPS) is 19.8. The summed E-state index contributed by atoms with van der Waals surface area (Å²) in [6.45, 7) is 3.43. The molecule has 94 valence electrons. The third kappa shape index (κ3) is 3.28. The molecule has 0 saturated carbocycles. The van der Waals surface area contributed by atoms with Crippen LogP contribution in [-0.4, -0.2) is 58.2 Å². The maximum absolute atomic E-state index is 11.3. The number of nitrogens with zero attached hydrogens (tertiary/aromatic N) is 2. The molecule has 0 bridgehead atoms. The van der Waals surface area contributed by atoms with E-state index in [0.717, 1.165) is 38.3 Å². The van der Waals surface area contributed by atoms with E-state index in [-0.39, 0.29) is 0 Å². The molecule has 1 fully saturated rings. The van der Waals surface area contributed by atoms with Crippen LogP contribution in [0.1, 0.15) is 12.1 Å². The van der Waals surface area contributed by atoms with Gasteiger partial charge in [0.1, 0.15) is 6.04 Å². The van der Waals surface area contributed by atoms with E-state index in [2.05, 4.69) is 15.3 Å². The molecular formula is C11H18N4O2. The van der Waals surface area contributed by atoms with Crippen LogP contribution >= 0.6 is 0 Å². The number of carboxylic acids is 1. The number of hydrogen-bond donors (Lipinski definition) is 3. The van der Waals surface area contributed by atoms with E-state index in [4.69, 9.17) is 0 Å². The lowest BCUT2D eigenvalue weighted by Gasteiger charge is -2.26. The van der Waals surface area contributed by atoms with E-state index in [9.17, 15) is 9.90 Å². The molecule has 0 unspecified atom stereocenters. The van der Waals surface area contributed by atoms with Crippen LogP contribution in [0.25, 0.3) is 0 Å². The number of hydrogen-bond acceptors (Lipinski definition) is 4. The van der Waals surface area contributed by atoms with Gasteiger partial charge in [-0.1, -0.05) is 0 Å². The van der Waals surface area contributed by atoms with Crippen LogP contribution in [0, 0.1) is 0 Å². The van der Waals surface area contributed by atoms with Gasteiger partial charge in [-0.3, -0.25) is 9.69 Å². The van der Waals surface area contributed by atoms with Crippen molar-refractivity contribution in [1.29, 1.82) is 0 Å². The highest BCUT2D eigenvalue weighted by atomic mass is 16.4. The summed E-state index contributed by atoms with van der Waals surface area (Å²) < 4.78 is 0. The summed E-state index contributed by atoms with van der Waals surface area (Å²) in [5.41, 5.74) is 0.870. The molecule has 2 heterocycles. The molecule has 0 aromatic carbocycles. The molecule has 3 N–H and O–H groups in total. The molecule has 1 aliphatic heterocycles. The average Bonchev–Trinajstić information content (AvgIpc) is 2.67. The standard InChI is InChI=1S/C11H18N4O2/c16-11(17)10(6-9-7-13-8-14-9)15-4-1-2-12-3-5-15/h7-8,10,12H,1-6H2,(H,13,14)(H,16,17)/t10-/m0/s1. The Balaban J connectivity index is 2.02. The zero-order chi connectivity index (χ0) is 12.1. The maximum atomic E-state index is 11.3. The minimum Gasteiger partial charge on any atom is -0.480 e. The van der Waals surface area contributed by atoms with E-state index in [0.29, 0.717) is 6.42 Å². The second-order valence-corrected chi connectivity index (χ2v) is 4.27. The van der Waals surface area contributed by atoms with Crippen molar-refractivity contribution < 1.29 is 9.90 Å². The smallest absolute Gasteiger partial charge is 0.321 e. The molecule has 2 rings (SSSR count).